The van der Waals surface area contributed by atoms with Crippen LogP contribution in [0.5, 0.6) is 0 Å². The van der Waals surface area contributed by atoms with Crippen molar-refractivity contribution < 1.29 is 5.11 Å². The minimum atomic E-state index is 0.252. The number of hydrogen-bond acceptors (Lipinski definition) is 2. The van der Waals surface area contributed by atoms with Gasteiger partial charge in [-0.3, -0.25) is 0 Å². The molecule has 0 saturated heterocycles. The van der Waals surface area contributed by atoms with Gasteiger partial charge in [-0.15, -0.1) is 0 Å². The molecule has 0 aliphatic heterocycles. The first kappa shape index (κ1) is 12.7. The van der Waals surface area contributed by atoms with Crippen LogP contribution in [0, 0.1) is 0 Å². The summed E-state index contributed by atoms with van der Waals surface area (Å²) in [5.41, 5.74) is 3.68. The smallest absolute Gasteiger partial charge is 0.0434 e. The number of aliphatic hydroxyl groups is 1. The third kappa shape index (κ3) is 3.64. The number of benzene rings is 1. The van der Waals surface area contributed by atoms with Gasteiger partial charge >= 0.3 is 0 Å². The molecule has 1 heterocycles. The number of aliphatic hydroxyl groups excluding tert-OH is 1. The summed E-state index contributed by atoms with van der Waals surface area (Å²) in [5.74, 6) is 0. The highest BCUT2D eigenvalue weighted by atomic mass is 16.2. The van der Waals surface area contributed by atoms with Crippen molar-refractivity contribution in [2.75, 3.05) is 11.9 Å². The Morgan fingerprint density at radius 1 is 1.22 bits per heavy atom. The van der Waals surface area contributed by atoms with Gasteiger partial charge in [-0.2, -0.15) is 0 Å². The summed E-state index contributed by atoms with van der Waals surface area (Å²) in [4.78, 5) is 0. The molecule has 0 amide bonds. The van der Waals surface area contributed by atoms with Crippen LogP contribution in [0.1, 0.15) is 17.5 Å². The Bertz CT molecular complexity index is 491. The molecular formula is C15H20N2O. The molecule has 3 heteroatoms. The molecule has 0 aliphatic carbocycles. The minimum absolute atomic E-state index is 0.252. The number of hydrogen-bond donors (Lipinski definition) is 2. The summed E-state index contributed by atoms with van der Waals surface area (Å²) in [6.07, 6.45) is 5.91. The number of nitrogens with one attached hydrogen (secondary N) is 1. The van der Waals surface area contributed by atoms with Crippen LogP contribution in [0.15, 0.2) is 42.7 Å². The Hall–Kier alpha value is -1.74. The molecule has 0 radical (unpaired) electrons. The lowest BCUT2D eigenvalue weighted by Crippen LogP contribution is -1.99. The quantitative estimate of drug-likeness (QED) is 0.819. The van der Waals surface area contributed by atoms with Gasteiger partial charge in [0.2, 0.25) is 0 Å². The highest BCUT2D eigenvalue weighted by Gasteiger charge is 1.98. The average molecular weight is 244 g/mol. The number of aryl methyl sites for hydroxylation is 2. The maximum Gasteiger partial charge on any atom is 0.0434 e. The van der Waals surface area contributed by atoms with Crippen molar-refractivity contribution in [3.05, 3.63) is 53.9 Å². The number of anilines is 1. The molecule has 0 aliphatic rings. The Morgan fingerprint density at radius 2 is 2.11 bits per heavy atom. The average Bonchev–Trinajstić information content (AvgIpc) is 2.80. The molecule has 1 aromatic heterocycles. The molecule has 18 heavy (non-hydrogen) atoms. The van der Waals surface area contributed by atoms with Crippen LogP contribution in [-0.4, -0.2) is 16.3 Å². The highest BCUT2D eigenvalue weighted by Crippen LogP contribution is 2.13. The van der Waals surface area contributed by atoms with E-state index in [0.717, 1.165) is 25.1 Å². The Morgan fingerprint density at radius 3 is 2.83 bits per heavy atom. The monoisotopic (exact) mass is 244 g/mol. The van der Waals surface area contributed by atoms with Crippen LogP contribution in [0.25, 0.3) is 0 Å². The van der Waals surface area contributed by atoms with E-state index in [1.807, 2.05) is 7.05 Å². The lowest BCUT2D eigenvalue weighted by molar-refractivity contribution is 0.288. The highest BCUT2D eigenvalue weighted by molar-refractivity contribution is 5.46. The SMILES string of the molecule is Cn1ccc(CNc2cccc(CCCO)c2)c1. The topological polar surface area (TPSA) is 37.2 Å². The van der Waals surface area contributed by atoms with Crippen LogP contribution in [0.3, 0.4) is 0 Å². The van der Waals surface area contributed by atoms with E-state index in [2.05, 4.69) is 52.6 Å². The second-order valence-electron chi connectivity index (χ2n) is 4.57. The summed E-state index contributed by atoms with van der Waals surface area (Å²) in [6.45, 7) is 1.09. The summed E-state index contributed by atoms with van der Waals surface area (Å²) >= 11 is 0. The first-order valence-corrected chi connectivity index (χ1v) is 6.32. The van der Waals surface area contributed by atoms with E-state index < -0.39 is 0 Å². The van der Waals surface area contributed by atoms with E-state index in [1.54, 1.807) is 0 Å². The van der Waals surface area contributed by atoms with Gasteiger partial charge in [0, 0.05) is 38.3 Å². The number of nitrogens with zero attached hydrogens (tertiary/aromatic N) is 1. The van der Waals surface area contributed by atoms with Crippen molar-refractivity contribution in [1.82, 2.24) is 4.57 Å². The molecule has 2 N–H and O–H groups in total. The standard InChI is InChI=1S/C15H20N2O/c1-17-8-7-14(12-17)11-16-15-6-2-4-13(10-15)5-3-9-18/h2,4,6-8,10,12,16,18H,3,5,9,11H2,1H3. The van der Waals surface area contributed by atoms with Gasteiger partial charge in [-0.05, 0) is 42.2 Å². The molecule has 0 saturated carbocycles. The second-order valence-corrected chi connectivity index (χ2v) is 4.57. The van der Waals surface area contributed by atoms with Crippen molar-refractivity contribution in [2.24, 2.45) is 7.05 Å². The third-order valence-electron chi connectivity index (χ3n) is 2.94. The van der Waals surface area contributed by atoms with Gasteiger partial charge in [0.15, 0.2) is 0 Å². The van der Waals surface area contributed by atoms with Crippen molar-refractivity contribution in [2.45, 2.75) is 19.4 Å². The van der Waals surface area contributed by atoms with Crippen LogP contribution < -0.4 is 5.32 Å². The zero-order valence-corrected chi connectivity index (χ0v) is 10.8. The summed E-state index contributed by atoms with van der Waals surface area (Å²) < 4.78 is 2.05. The molecule has 2 rings (SSSR count). The maximum atomic E-state index is 8.83. The van der Waals surface area contributed by atoms with Gasteiger partial charge in [-0.25, -0.2) is 0 Å². The first-order valence-electron chi connectivity index (χ1n) is 6.32. The molecule has 3 nitrogen and oxygen atoms in total. The summed E-state index contributed by atoms with van der Waals surface area (Å²) in [5, 5.41) is 12.2. The van der Waals surface area contributed by atoms with Crippen molar-refractivity contribution in [1.29, 1.82) is 0 Å². The van der Waals surface area contributed by atoms with E-state index in [4.69, 9.17) is 5.11 Å². The molecule has 0 fully saturated rings. The van der Waals surface area contributed by atoms with Gasteiger partial charge in [0.05, 0.1) is 0 Å². The predicted molar refractivity (Wildman–Crippen MR) is 74.6 cm³/mol. The van der Waals surface area contributed by atoms with Crippen LogP contribution in [0.2, 0.25) is 0 Å². The molecule has 0 spiro atoms. The fraction of sp³-hybridized carbons (Fsp3) is 0.333. The van der Waals surface area contributed by atoms with Crippen molar-refractivity contribution in [3.8, 4) is 0 Å². The van der Waals surface area contributed by atoms with Gasteiger partial charge in [-0.1, -0.05) is 12.1 Å². The van der Waals surface area contributed by atoms with E-state index in [1.165, 1.54) is 11.1 Å². The van der Waals surface area contributed by atoms with Gasteiger partial charge in [0.25, 0.3) is 0 Å². The fourth-order valence-electron chi connectivity index (χ4n) is 1.99. The second kappa shape index (κ2) is 6.26. The Kier molecular flexibility index (Phi) is 4.42. The van der Waals surface area contributed by atoms with E-state index >= 15 is 0 Å². The van der Waals surface area contributed by atoms with Gasteiger partial charge in [0.1, 0.15) is 0 Å². The van der Waals surface area contributed by atoms with E-state index in [0.29, 0.717) is 0 Å². The Labute approximate surface area is 108 Å². The zero-order valence-electron chi connectivity index (χ0n) is 10.8. The lowest BCUT2D eigenvalue weighted by atomic mass is 10.1. The van der Waals surface area contributed by atoms with Crippen molar-refractivity contribution in [3.63, 3.8) is 0 Å². The molecule has 1 aromatic carbocycles. The Balaban J connectivity index is 1.92. The first-order chi connectivity index (χ1) is 8.78. The third-order valence-corrected chi connectivity index (χ3v) is 2.94. The summed E-state index contributed by atoms with van der Waals surface area (Å²) in [7, 11) is 2.03. The lowest BCUT2D eigenvalue weighted by Gasteiger charge is -2.07. The molecule has 0 unspecified atom stereocenters. The van der Waals surface area contributed by atoms with Crippen LogP contribution >= 0.6 is 0 Å². The molecule has 0 atom stereocenters. The van der Waals surface area contributed by atoms with Crippen LogP contribution in [-0.2, 0) is 20.0 Å². The number of aromatic nitrogens is 1. The number of rotatable bonds is 6. The van der Waals surface area contributed by atoms with Crippen molar-refractivity contribution >= 4 is 5.69 Å². The molecule has 96 valence electrons. The predicted octanol–water partition coefficient (Wildman–Crippen LogP) is 2.56. The van der Waals surface area contributed by atoms with E-state index in [9.17, 15) is 0 Å². The maximum absolute atomic E-state index is 8.83. The van der Waals surface area contributed by atoms with E-state index in [-0.39, 0.29) is 6.61 Å². The molecule has 2 aromatic rings. The minimum Gasteiger partial charge on any atom is -0.396 e. The zero-order chi connectivity index (χ0) is 12.8. The summed E-state index contributed by atoms with van der Waals surface area (Å²) in [6, 6.07) is 10.5. The molecule has 0 bridgehead atoms. The van der Waals surface area contributed by atoms with Gasteiger partial charge < -0.3 is 15.0 Å². The molecular weight excluding hydrogens is 224 g/mol. The van der Waals surface area contributed by atoms with Crippen LogP contribution in [0.4, 0.5) is 5.69 Å². The largest absolute Gasteiger partial charge is 0.396 e. The normalized spacial score (nSPS) is 10.6. The fourth-order valence-corrected chi connectivity index (χ4v) is 1.99.